The SMILES string of the molecule is CCCc1cc(NC(=O)COc2ccc(N)cc2)n[nH]1. The van der Waals surface area contributed by atoms with Gasteiger partial charge in [0.05, 0.1) is 0 Å². The molecule has 0 aliphatic heterocycles. The predicted octanol–water partition coefficient (Wildman–Crippen LogP) is 1.96. The molecule has 6 heteroatoms. The number of nitrogens with one attached hydrogen (secondary N) is 2. The molecule has 6 nitrogen and oxygen atoms in total. The first-order chi connectivity index (χ1) is 9.67. The van der Waals surface area contributed by atoms with Crippen molar-refractivity contribution >= 4 is 17.4 Å². The van der Waals surface area contributed by atoms with E-state index in [2.05, 4.69) is 22.4 Å². The van der Waals surface area contributed by atoms with Crippen LogP contribution in [0.2, 0.25) is 0 Å². The summed E-state index contributed by atoms with van der Waals surface area (Å²) in [5.74, 6) is 0.860. The number of hydrogen-bond donors (Lipinski definition) is 3. The van der Waals surface area contributed by atoms with Gasteiger partial charge in [0.25, 0.3) is 5.91 Å². The van der Waals surface area contributed by atoms with Crippen LogP contribution >= 0.6 is 0 Å². The van der Waals surface area contributed by atoms with Crippen molar-refractivity contribution in [3.63, 3.8) is 0 Å². The summed E-state index contributed by atoms with van der Waals surface area (Å²) in [5, 5.41) is 9.56. The monoisotopic (exact) mass is 274 g/mol. The molecule has 1 aromatic carbocycles. The Labute approximate surface area is 117 Å². The molecule has 0 bridgehead atoms. The summed E-state index contributed by atoms with van der Waals surface area (Å²) >= 11 is 0. The highest BCUT2D eigenvalue weighted by Crippen LogP contribution is 2.13. The summed E-state index contributed by atoms with van der Waals surface area (Å²) in [5.41, 5.74) is 7.22. The van der Waals surface area contributed by atoms with E-state index in [9.17, 15) is 4.79 Å². The average Bonchev–Trinajstić information content (AvgIpc) is 2.86. The lowest BCUT2D eigenvalue weighted by Crippen LogP contribution is -2.20. The van der Waals surface area contributed by atoms with Gasteiger partial charge in [0.2, 0.25) is 0 Å². The number of aryl methyl sites for hydroxylation is 1. The second-order valence-corrected chi connectivity index (χ2v) is 4.43. The van der Waals surface area contributed by atoms with E-state index < -0.39 is 0 Å². The molecule has 0 saturated heterocycles. The molecule has 0 aliphatic carbocycles. The smallest absolute Gasteiger partial charge is 0.263 e. The topological polar surface area (TPSA) is 93.0 Å². The number of benzene rings is 1. The maximum absolute atomic E-state index is 11.7. The second kappa shape index (κ2) is 6.60. The largest absolute Gasteiger partial charge is 0.484 e. The molecule has 0 saturated carbocycles. The number of amides is 1. The predicted molar refractivity (Wildman–Crippen MR) is 77.6 cm³/mol. The zero-order valence-electron chi connectivity index (χ0n) is 11.3. The van der Waals surface area contributed by atoms with Gasteiger partial charge >= 0.3 is 0 Å². The standard InChI is InChI=1S/C14H18N4O2/c1-2-3-11-8-13(18-17-11)16-14(19)9-20-12-6-4-10(15)5-7-12/h4-8H,2-3,9,15H2,1H3,(H2,16,17,18,19). The van der Waals surface area contributed by atoms with E-state index in [1.54, 1.807) is 24.3 Å². The van der Waals surface area contributed by atoms with Crippen molar-refractivity contribution in [1.29, 1.82) is 0 Å². The summed E-state index contributed by atoms with van der Waals surface area (Å²) in [4.78, 5) is 11.7. The van der Waals surface area contributed by atoms with E-state index >= 15 is 0 Å². The van der Waals surface area contributed by atoms with Gasteiger partial charge in [-0.3, -0.25) is 9.89 Å². The number of nitrogens with two attached hydrogens (primary N) is 1. The van der Waals surface area contributed by atoms with Crippen molar-refractivity contribution in [3.05, 3.63) is 36.0 Å². The number of anilines is 2. The molecule has 1 heterocycles. The summed E-state index contributed by atoms with van der Waals surface area (Å²) < 4.78 is 5.34. The Morgan fingerprint density at radius 3 is 2.85 bits per heavy atom. The highest BCUT2D eigenvalue weighted by atomic mass is 16.5. The van der Waals surface area contributed by atoms with Crippen molar-refractivity contribution in [1.82, 2.24) is 10.2 Å². The number of aromatic nitrogens is 2. The minimum Gasteiger partial charge on any atom is -0.484 e. The fraction of sp³-hybridized carbons (Fsp3) is 0.286. The van der Waals surface area contributed by atoms with Crippen molar-refractivity contribution in [3.8, 4) is 5.75 Å². The number of nitrogen functional groups attached to an aromatic ring is 1. The number of aromatic amines is 1. The lowest BCUT2D eigenvalue weighted by molar-refractivity contribution is -0.118. The molecular formula is C14H18N4O2. The van der Waals surface area contributed by atoms with Gasteiger partial charge in [-0.25, -0.2) is 0 Å². The normalized spacial score (nSPS) is 10.2. The first kappa shape index (κ1) is 13.9. The average molecular weight is 274 g/mol. The van der Waals surface area contributed by atoms with Gasteiger partial charge in [-0.1, -0.05) is 13.3 Å². The number of H-pyrrole nitrogens is 1. The molecule has 1 amide bonds. The highest BCUT2D eigenvalue weighted by molar-refractivity contribution is 5.90. The lowest BCUT2D eigenvalue weighted by atomic mass is 10.2. The molecule has 2 aromatic rings. The summed E-state index contributed by atoms with van der Waals surface area (Å²) in [6.07, 6.45) is 1.93. The van der Waals surface area contributed by atoms with Gasteiger partial charge in [-0.05, 0) is 30.7 Å². The summed E-state index contributed by atoms with van der Waals surface area (Å²) in [6.45, 7) is 2.01. The van der Waals surface area contributed by atoms with Gasteiger partial charge in [-0.2, -0.15) is 5.10 Å². The molecule has 1 aromatic heterocycles. The second-order valence-electron chi connectivity index (χ2n) is 4.43. The maximum atomic E-state index is 11.7. The lowest BCUT2D eigenvalue weighted by Gasteiger charge is -2.05. The molecule has 106 valence electrons. The zero-order valence-corrected chi connectivity index (χ0v) is 11.3. The Morgan fingerprint density at radius 2 is 2.15 bits per heavy atom. The van der Waals surface area contributed by atoms with Gasteiger partial charge in [0.1, 0.15) is 5.75 Å². The number of hydrogen-bond acceptors (Lipinski definition) is 4. The van der Waals surface area contributed by atoms with Crippen molar-refractivity contribution in [2.45, 2.75) is 19.8 Å². The fourth-order valence-electron chi connectivity index (χ4n) is 1.71. The molecule has 2 rings (SSSR count). The van der Waals surface area contributed by atoms with Crippen LogP contribution in [0.15, 0.2) is 30.3 Å². The number of carbonyl (C=O) groups is 1. The molecule has 0 aliphatic rings. The fourth-order valence-corrected chi connectivity index (χ4v) is 1.71. The molecular weight excluding hydrogens is 256 g/mol. The quantitative estimate of drug-likeness (QED) is 0.702. The molecule has 20 heavy (non-hydrogen) atoms. The zero-order chi connectivity index (χ0) is 14.4. The number of carbonyl (C=O) groups excluding carboxylic acids is 1. The third-order valence-corrected chi connectivity index (χ3v) is 2.67. The van der Waals surface area contributed by atoms with Gasteiger partial charge in [0.15, 0.2) is 12.4 Å². The highest BCUT2D eigenvalue weighted by Gasteiger charge is 2.06. The van der Waals surface area contributed by atoms with Crippen molar-refractivity contribution < 1.29 is 9.53 Å². The van der Waals surface area contributed by atoms with Crippen LogP contribution in [0, 0.1) is 0 Å². The van der Waals surface area contributed by atoms with Crippen LogP contribution in [-0.2, 0) is 11.2 Å². The minimum atomic E-state index is -0.253. The van der Waals surface area contributed by atoms with Crippen LogP contribution in [0.25, 0.3) is 0 Å². The molecule has 0 radical (unpaired) electrons. The summed E-state index contributed by atoms with van der Waals surface area (Å²) in [6, 6.07) is 8.70. The Hall–Kier alpha value is -2.50. The molecule has 0 unspecified atom stereocenters. The number of rotatable bonds is 6. The van der Waals surface area contributed by atoms with Crippen molar-refractivity contribution in [2.75, 3.05) is 17.7 Å². The third-order valence-electron chi connectivity index (χ3n) is 2.67. The van der Waals surface area contributed by atoms with Crippen LogP contribution in [0.4, 0.5) is 11.5 Å². The molecule has 0 spiro atoms. The van der Waals surface area contributed by atoms with E-state index in [0.717, 1.165) is 18.5 Å². The van der Waals surface area contributed by atoms with Crippen LogP contribution in [0.3, 0.4) is 0 Å². The number of ether oxygens (including phenoxy) is 1. The first-order valence-corrected chi connectivity index (χ1v) is 6.50. The van der Waals surface area contributed by atoms with E-state index in [1.165, 1.54) is 0 Å². The van der Waals surface area contributed by atoms with Crippen LogP contribution < -0.4 is 15.8 Å². The van der Waals surface area contributed by atoms with Crippen LogP contribution in [0.1, 0.15) is 19.0 Å². The van der Waals surface area contributed by atoms with E-state index in [0.29, 0.717) is 17.3 Å². The van der Waals surface area contributed by atoms with Gasteiger partial charge < -0.3 is 15.8 Å². The Bertz CT molecular complexity index is 563. The summed E-state index contributed by atoms with van der Waals surface area (Å²) in [7, 11) is 0. The maximum Gasteiger partial charge on any atom is 0.263 e. The van der Waals surface area contributed by atoms with Crippen LogP contribution in [0.5, 0.6) is 5.75 Å². The van der Waals surface area contributed by atoms with E-state index in [-0.39, 0.29) is 12.5 Å². The Balaban J connectivity index is 1.81. The Kier molecular flexibility index (Phi) is 4.60. The van der Waals surface area contributed by atoms with Gasteiger partial charge in [0, 0.05) is 17.4 Å². The molecule has 4 N–H and O–H groups in total. The van der Waals surface area contributed by atoms with E-state index in [1.807, 2.05) is 6.07 Å². The van der Waals surface area contributed by atoms with Crippen molar-refractivity contribution in [2.24, 2.45) is 0 Å². The molecule has 0 fully saturated rings. The number of nitrogens with zero attached hydrogens (tertiary/aromatic N) is 1. The first-order valence-electron chi connectivity index (χ1n) is 6.50. The minimum absolute atomic E-state index is 0.0696. The van der Waals surface area contributed by atoms with Crippen LogP contribution in [-0.4, -0.2) is 22.7 Å². The Morgan fingerprint density at radius 1 is 1.40 bits per heavy atom. The van der Waals surface area contributed by atoms with E-state index in [4.69, 9.17) is 10.5 Å². The third kappa shape index (κ3) is 4.01. The molecule has 0 atom stereocenters. The van der Waals surface area contributed by atoms with Gasteiger partial charge in [-0.15, -0.1) is 0 Å².